The number of amides is 1. The lowest BCUT2D eigenvalue weighted by Crippen LogP contribution is -2.48. The number of likely N-dealkylation sites (tertiary alicyclic amines) is 1. The van der Waals surface area contributed by atoms with Crippen molar-refractivity contribution in [3.63, 3.8) is 0 Å². The fraction of sp³-hybridized carbons (Fsp3) is 0.750. The van der Waals surface area contributed by atoms with Crippen LogP contribution in [-0.4, -0.2) is 42.2 Å². The number of alkyl carbamates (subject to hydrolysis) is 1. The quantitative estimate of drug-likeness (QED) is 0.647. The van der Waals surface area contributed by atoms with E-state index in [0.29, 0.717) is 0 Å². The van der Waals surface area contributed by atoms with E-state index in [9.17, 15) is 13.6 Å². The first kappa shape index (κ1) is 12.1. The van der Waals surface area contributed by atoms with Crippen molar-refractivity contribution in [3.8, 4) is 0 Å². The normalized spacial score (nSPS) is 19.5. The summed E-state index contributed by atoms with van der Waals surface area (Å²) in [6.07, 6.45) is -1.16. The minimum Gasteiger partial charge on any atom is -0.453 e. The molecule has 1 fully saturated rings. The Morgan fingerprint density at radius 1 is 1.47 bits per heavy atom. The lowest BCUT2D eigenvalue weighted by Gasteiger charge is -2.33. The fourth-order valence-corrected chi connectivity index (χ4v) is 1.52. The highest BCUT2D eigenvalue weighted by Crippen LogP contribution is 2.27. The van der Waals surface area contributed by atoms with Crippen molar-refractivity contribution < 1.29 is 18.3 Å². The molecule has 1 aliphatic rings. The number of nitrogens with zero attached hydrogens (tertiary/aromatic N) is 1. The van der Waals surface area contributed by atoms with E-state index < -0.39 is 12.0 Å². The van der Waals surface area contributed by atoms with Gasteiger partial charge in [0.1, 0.15) is 0 Å². The second kappa shape index (κ2) is 4.69. The van der Waals surface area contributed by atoms with Crippen molar-refractivity contribution in [1.82, 2.24) is 10.2 Å². The zero-order chi connectivity index (χ0) is 11.5. The van der Waals surface area contributed by atoms with Crippen molar-refractivity contribution >= 4 is 23.4 Å². The zero-order valence-electron chi connectivity index (χ0n) is 8.26. The number of rotatable bonds is 0. The molecule has 0 bridgehead atoms. The van der Waals surface area contributed by atoms with Crippen LogP contribution in [-0.2, 0) is 4.74 Å². The van der Waals surface area contributed by atoms with Crippen LogP contribution in [0.2, 0.25) is 0 Å². The Labute approximate surface area is 91.6 Å². The van der Waals surface area contributed by atoms with Gasteiger partial charge in [0.25, 0.3) is 5.92 Å². The van der Waals surface area contributed by atoms with E-state index in [1.165, 1.54) is 12.0 Å². The van der Waals surface area contributed by atoms with Crippen molar-refractivity contribution in [2.24, 2.45) is 0 Å². The maximum atomic E-state index is 12.8. The van der Waals surface area contributed by atoms with Gasteiger partial charge in [-0.25, -0.2) is 13.6 Å². The number of carbonyl (C=O) groups excluding carboxylic acids is 1. The van der Waals surface area contributed by atoms with E-state index >= 15 is 0 Å². The smallest absolute Gasteiger partial charge is 0.413 e. The summed E-state index contributed by atoms with van der Waals surface area (Å²) >= 11 is 4.86. The summed E-state index contributed by atoms with van der Waals surface area (Å²) in [5.74, 6) is -2.61. The number of alkyl halides is 2. The first-order valence-electron chi connectivity index (χ1n) is 4.46. The number of nitrogens with one attached hydrogen (secondary N) is 1. The van der Waals surface area contributed by atoms with E-state index in [2.05, 4.69) is 10.1 Å². The summed E-state index contributed by atoms with van der Waals surface area (Å²) < 4.78 is 29.9. The summed E-state index contributed by atoms with van der Waals surface area (Å²) in [4.78, 5) is 12.3. The van der Waals surface area contributed by atoms with Gasteiger partial charge in [0, 0.05) is 25.9 Å². The molecule has 1 rings (SSSR count). The third kappa shape index (κ3) is 3.58. The lowest BCUT2D eigenvalue weighted by atomic mass is 10.1. The Balaban J connectivity index is 2.40. The molecule has 0 atom stereocenters. The molecule has 1 N–H and O–H groups in total. The van der Waals surface area contributed by atoms with Gasteiger partial charge in [-0.15, -0.1) is 0 Å². The van der Waals surface area contributed by atoms with Gasteiger partial charge in [0.05, 0.1) is 7.11 Å². The molecular weight excluding hydrogens is 226 g/mol. The van der Waals surface area contributed by atoms with Crippen LogP contribution in [0.15, 0.2) is 0 Å². The molecule has 0 aromatic rings. The molecule has 1 amide bonds. The molecular formula is C8H12F2N2O2S. The third-order valence-corrected chi connectivity index (χ3v) is 2.54. The third-order valence-electron chi connectivity index (χ3n) is 2.18. The average Bonchev–Trinajstić information content (AvgIpc) is 2.17. The number of methoxy groups -OCH3 is 1. The molecule has 0 spiro atoms. The van der Waals surface area contributed by atoms with Gasteiger partial charge >= 0.3 is 6.09 Å². The monoisotopic (exact) mass is 238 g/mol. The van der Waals surface area contributed by atoms with Gasteiger partial charge in [0.15, 0.2) is 5.11 Å². The molecule has 15 heavy (non-hydrogen) atoms. The number of thiocarbonyl (C=S) groups is 1. The van der Waals surface area contributed by atoms with Crippen LogP contribution in [0.3, 0.4) is 0 Å². The van der Waals surface area contributed by atoms with Crippen LogP contribution in [0, 0.1) is 0 Å². The molecule has 1 aliphatic heterocycles. The summed E-state index contributed by atoms with van der Waals surface area (Å²) in [6.45, 7) is 0.297. The second-order valence-corrected chi connectivity index (χ2v) is 3.65. The standard InChI is InChI=1S/C8H12F2N2O2S/c1-14-7(13)11-6(15)12-4-2-8(9,10)3-5-12/h2-5H2,1H3,(H,11,13,15). The first-order valence-corrected chi connectivity index (χ1v) is 4.87. The number of hydrogen-bond donors (Lipinski definition) is 1. The van der Waals surface area contributed by atoms with Gasteiger partial charge in [-0.3, -0.25) is 5.32 Å². The molecule has 0 radical (unpaired) electrons. The van der Waals surface area contributed by atoms with E-state index in [0.717, 1.165) is 0 Å². The summed E-state index contributed by atoms with van der Waals surface area (Å²) in [5, 5.41) is 2.41. The van der Waals surface area contributed by atoms with Crippen LogP contribution in [0.4, 0.5) is 13.6 Å². The van der Waals surface area contributed by atoms with Gasteiger partial charge in [0.2, 0.25) is 0 Å². The van der Waals surface area contributed by atoms with Gasteiger partial charge in [-0.05, 0) is 12.2 Å². The molecule has 86 valence electrons. The SMILES string of the molecule is COC(=O)NC(=S)N1CCC(F)(F)CC1. The van der Waals surface area contributed by atoms with Crippen LogP contribution in [0.25, 0.3) is 0 Å². The number of ether oxygens (including phenoxy) is 1. The topological polar surface area (TPSA) is 41.6 Å². The Kier molecular flexibility index (Phi) is 3.78. The molecule has 7 heteroatoms. The fourth-order valence-electron chi connectivity index (χ4n) is 1.25. The van der Waals surface area contributed by atoms with Crippen LogP contribution >= 0.6 is 12.2 Å². The first-order chi connectivity index (χ1) is 6.94. The lowest BCUT2D eigenvalue weighted by molar-refractivity contribution is -0.0434. The van der Waals surface area contributed by atoms with E-state index in [-0.39, 0.29) is 31.0 Å². The van der Waals surface area contributed by atoms with Crippen LogP contribution in [0.1, 0.15) is 12.8 Å². The van der Waals surface area contributed by atoms with Gasteiger partial charge in [-0.2, -0.15) is 0 Å². The van der Waals surface area contributed by atoms with Crippen molar-refractivity contribution in [2.45, 2.75) is 18.8 Å². The summed E-state index contributed by atoms with van der Waals surface area (Å²) in [7, 11) is 1.21. The summed E-state index contributed by atoms with van der Waals surface area (Å²) in [6, 6.07) is 0. The number of hydrogen-bond acceptors (Lipinski definition) is 3. The summed E-state index contributed by atoms with van der Waals surface area (Å²) in [5.41, 5.74) is 0. The second-order valence-electron chi connectivity index (χ2n) is 3.26. The molecule has 1 saturated heterocycles. The Bertz CT molecular complexity index is 263. The Morgan fingerprint density at radius 2 is 2.00 bits per heavy atom. The van der Waals surface area contributed by atoms with Crippen LogP contribution in [0.5, 0.6) is 0 Å². The van der Waals surface area contributed by atoms with Crippen LogP contribution < -0.4 is 5.32 Å². The predicted octanol–water partition coefficient (Wildman–Crippen LogP) is 1.36. The number of carbonyl (C=O) groups is 1. The largest absolute Gasteiger partial charge is 0.453 e. The zero-order valence-corrected chi connectivity index (χ0v) is 9.07. The maximum Gasteiger partial charge on any atom is 0.413 e. The van der Waals surface area contributed by atoms with Gasteiger partial charge < -0.3 is 9.64 Å². The van der Waals surface area contributed by atoms with E-state index in [4.69, 9.17) is 12.2 Å². The molecule has 0 saturated carbocycles. The molecule has 0 aliphatic carbocycles. The average molecular weight is 238 g/mol. The highest BCUT2D eigenvalue weighted by molar-refractivity contribution is 7.80. The number of piperidine rings is 1. The number of halogens is 2. The Hall–Kier alpha value is -0.980. The predicted molar refractivity (Wildman–Crippen MR) is 53.9 cm³/mol. The maximum absolute atomic E-state index is 12.8. The Morgan fingerprint density at radius 3 is 2.47 bits per heavy atom. The minimum atomic E-state index is -2.61. The molecule has 0 unspecified atom stereocenters. The van der Waals surface area contributed by atoms with Crippen molar-refractivity contribution in [1.29, 1.82) is 0 Å². The minimum absolute atomic E-state index is 0.136. The van der Waals surface area contributed by atoms with Gasteiger partial charge in [-0.1, -0.05) is 0 Å². The highest BCUT2D eigenvalue weighted by Gasteiger charge is 2.34. The molecule has 0 aromatic heterocycles. The van der Waals surface area contributed by atoms with E-state index in [1.54, 1.807) is 0 Å². The van der Waals surface area contributed by atoms with Crippen molar-refractivity contribution in [3.05, 3.63) is 0 Å². The molecule has 4 nitrogen and oxygen atoms in total. The van der Waals surface area contributed by atoms with Crippen molar-refractivity contribution in [2.75, 3.05) is 20.2 Å². The molecule has 0 aromatic carbocycles. The van der Waals surface area contributed by atoms with E-state index in [1.807, 2.05) is 0 Å². The molecule has 1 heterocycles. The highest BCUT2D eigenvalue weighted by atomic mass is 32.1.